The Morgan fingerprint density at radius 2 is 1.86 bits per heavy atom. The van der Waals surface area contributed by atoms with E-state index in [2.05, 4.69) is 0 Å². The first-order valence-electron chi connectivity index (χ1n) is 6.93. The molecule has 2 nitrogen and oxygen atoms in total. The highest BCUT2D eigenvalue weighted by atomic mass is 35.5. The molecule has 2 rings (SSSR count). The number of hydrogen-bond donors (Lipinski definition) is 0. The van der Waals surface area contributed by atoms with Crippen LogP contribution in [-0.4, -0.2) is 29.3 Å². The highest BCUT2D eigenvalue weighted by molar-refractivity contribution is 6.18. The summed E-state index contributed by atoms with van der Waals surface area (Å²) in [6.07, 6.45) is -1.16. The molecule has 0 N–H and O–H groups in total. The van der Waals surface area contributed by atoms with E-state index in [9.17, 15) is 18.0 Å². The Labute approximate surface area is 126 Å². The Balaban J connectivity index is 2.00. The fraction of sp³-hybridized carbons (Fsp3) is 0.533. The van der Waals surface area contributed by atoms with Gasteiger partial charge >= 0.3 is 6.18 Å². The average molecular weight is 320 g/mol. The van der Waals surface area contributed by atoms with Gasteiger partial charge in [-0.2, -0.15) is 13.2 Å². The molecule has 1 amide bonds. The van der Waals surface area contributed by atoms with Crippen molar-refractivity contribution in [3.8, 4) is 0 Å². The first-order chi connectivity index (χ1) is 9.91. The average Bonchev–Trinajstić information content (AvgIpc) is 2.35. The number of nitrogens with zero attached hydrogens (tertiary/aromatic N) is 1. The van der Waals surface area contributed by atoms with Crippen LogP contribution in [0.2, 0.25) is 0 Å². The molecule has 0 aromatic heterocycles. The van der Waals surface area contributed by atoms with Crippen LogP contribution in [0.25, 0.3) is 0 Å². The van der Waals surface area contributed by atoms with E-state index in [4.69, 9.17) is 11.6 Å². The summed E-state index contributed by atoms with van der Waals surface area (Å²) < 4.78 is 37.4. The molecule has 0 spiro atoms. The van der Waals surface area contributed by atoms with Gasteiger partial charge in [-0.25, -0.2) is 0 Å². The molecule has 0 radical (unpaired) electrons. The number of halogens is 4. The Morgan fingerprint density at radius 3 is 2.29 bits per heavy atom. The Morgan fingerprint density at radius 1 is 1.24 bits per heavy atom. The smallest absolute Gasteiger partial charge is 0.338 e. The fourth-order valence-electron chi connectivity index (χ4n) is 2.39. The lowest BCUT2D eigenvalue weighted by atomic mass is 9.91. The lowest BCUT2D eigenvalue weighted by Crippen LogP contribution is -2.45. The monoisotopic (exact) mass is 319 g/mol. The molecule has 6 heteroatoms. The first kappa shape index (κ1) is 16.1. The zero-order chi connectivity index (χ0) is 15.5. The maximum atomic E-state index is 12.5. The van der Waals surface area contributed by atoms with Crippen LogP contribution in [0.1, 0.15) is 30.4 Å². The molecule has 1 aromatic carbocycles. The van der Waals surface area contributed by atoms with Crippen molar-refractivity contribution in [1.29, 1.82) is 0 Å². The van der Waals surface area contributed by atoms with E-state index in [1.807, 2.05) is 0 Å². The van der Waals surface area contributed by atoms with Gasteiger partial charge in [-0.05, 0) is 37.0 Å². The van der Waals surface area contributed by atoms with E-state index < -0.39 is 11.7 Å². The second kappa shape index (κ2) is 6.69. The van der Waals surface area contributed by atoms with Crippen molar-refractivity contribution in [3.05, 3.63) is 35.4 Å². The molecule has 1 aromatic rings. The first-order valence-corrected chi connectivity index (χ1v) is 7.47. The summed E-state index contributed by atoms with van der Waals surface area (Å²) in [7, 11) is 0. The van der Waals surface area contributed by atoms with Gasteiger partial charge < -0.3 is 4.90 Å². The van der Waals surface area contributed by atoms with E-state index in [1.54, 1.807) is 4.90 Å². The van der Waals surface area contributed by atoms with Crippen LogP contribution in [0.4, 0.5) is 13.2 Å². The molecule has 1 aliphatic carbocycles. The number of amides is 1. The third-order valence-electron chi connectivity index (χ3n) is 3.80. The molecule has 21 heavy (non-hydrogen) atoms. The summed E-state index contributed by atoms with van der Waals surface area (Å²) in [4.78, 5) is 14.0. The van der Waals surface area contributed by atoms with Crippen molar-refractivity contribution in [3.63, 3.8) is 0 Å². The number of carbonyl (C=O) groups excluding carboxylic acids is 1. The molecule has 0 aliphatic heterocycles. The minimum Gasteiger partial charge on any atom is -0.338 e. The standard InChI is InChI=1S/C15H17ClF3NO/c16-8-9-20(13-2-1-3-13)14(21)10-11-4-6-12(7-5-11)15(17,18)19/h4-7,13H,1-3,8-10H2. The fourth-order valence-corrected chi connectivity index (χ4v) is 2.57. The van der Waals surface area contributed by atoms with Gasteiger partial charge in [0, 0.05) is 18.5 Å². The van der Waals surface area contributed by atoms with Gasteiger partial charge in [0.15, 0.2) is 0 Å². The normalized spacial score (nSPS) is 15.6. The number of carbonyl (C=O) groups is 1. The summed E-state index contributed by atoms with van der Waals surface area (Å²) in [6.45, 7) is 0.492. The Kier molecular flexibility index (Phi) is 5.14. The molecule has 1 saturated carbocycles. The summed E-state index contributed by atoms with van der Waals surface area (Å²) in [5, 5.41) is 0. The Bertz CT molecular complexity index is 483. The summed E-state index contributed by atoms with van der Waals surface area (Å²) >= 11 is 5.72. The second-order valence-corrected chi connectivity index (χ2v) is 5.61. The zero-order valence-corrected chi connectivity index (χ0v) is 12.3. The van der Waals surface area contributed by atoms with Crippen molar-refractivity contribution in [2.24, 2.45) is 0 Å². The molecule has 1 fully saturated rings. The minimum absolute atomic E-state index is 0.0693. The maximum Gasteiger partial charge on any atom is 0.416 e. The predicted molar refractivity (Wildman–Crippen MR) is 75.2 cm³/mol. The van der Waals surface area contributed by atoms with Gasteiger partial charge in [0.1, 0.15) is 0 Å². The highest BCUT2D eigenvalue weighted by Crippen LogP contribution is 2.29. The van der Waals surface area contributed by atoms with Crippen molar-refractivity contribution in [1.82, 2.24) is 4.90 Å². The predicted octanol–water partition coefficient (Wildman–Crippen LogP) is 3.87. The maximum absolute atomic E-state index is 12.5. The van der Waals surface area contributed by atoms with E-state index >= 15 is 0 Å². The van der Waals surface area contributed by atoms with Gasteiger partial charge in [-0.15, -0.1) is 11.6 Å². The van der Waals surface area contributed by atoms with Gasteiger partial charge in [-0.1, -0.05) is 12.1 Å². The number of benzene rings is 1. The number of rotatable bonds is 5. The van der Waals surface area contributed by atoms with Crippen molar-refractivity contribution in [2.45, 2.75) is 37.9 Å². The summed E-state index contributed by atoms with van der Waals surface area (Å²) in [5.41, 5.74) is -0.109. The van der Waals surface area contributed by atoms with Crippen LogP contribution in [0.5, 0.6) is 0 Å². The topological polar surface area (TPSA) is 20.3 Å². The lowest BCUT2D eigenvalue weighted by Gasteiger charge is -2.37. The van der Waals surface area contributed by atoms with Crippen LogP contribution < -0.4 is 0 Å². The summed E-state index contributed by atoms with van der Waals surface area (Å²) in [6, 6.07) is 4.99. The third kappa shape index (κ3) is 4.13. The molecule has 0 atom stereocenters. The van der Waals surface area contributed by atoms with E-state index in [0.29, 0.717) is 18.0 Å². The number of alkyl halides is 4. The van der Waals surface area contributed by atoms with Crippen LogP contribution >= 0.6 is 11.6 Å². The molecular weight excluding hydrogens is 303 g/mol. The third-order valence-corrected chi connectivity index (χ3v) is 3.97. The molecule has 0 bridgehead atoms. The largest absolute Gasteiger partial charge is 0.416 e. The van der Waals surface area contributed by atoms with Gasteiger partial charge in [0.25, 0.3) is 0 Å². The molecule has 0 unspecified atom stereocenters. The lowest BCUT2D eigenvalue weighted by molar-refractivity contribution is -0.137. The van der Waals surface area contributed by atoms with Gasteiger partial charge in [-0.3, -0.25) is 4.79 Å². The van der Waals surface area contributed by atoms with E-state index in [1.165, 1.54) is 12.1 Å². The van der Waals surface area contributed by atoms with Crippen LogP contribution in [0.15, 0.2) is 24.3 Å². The summed E-state index contributed by atoms with van der Waals surface area (Å²) in [5.74, 6) is 0.301. The van der Waals surface area contributed by atoms with E-state index in [0.717, 1.165) is 31.4 Å². The van der Waals surface area contributed by atoms with E-state index in [-0.39, 0.29) is 18.4 Å². The van der Waals surface area contributed by atoms with Crippen molar-refractivity contribution < 1.29 is 18.0 Å². The molecule has 116 valence electrons. The molecule has 0 saturated heterocycles. The van der Waals surface area contributed by atoms with Crippen LogP contribution in [0, 0.1) is 0 Å². The Hall–Kier alpha value is -1.23. The van der Waals surface area contributed by atoms with Crippen LogP contribution in [-0.2, 0) is 17.4 Å². The molecular formula is C15H17ClF3NO. The van der Waals surface area contributed by atoms with Crippen molar-refractivity contribution >= 4 is 17.5 Å². The highest BCUT2D eigenvalue weighted by Gasteiger charge is 2.31. The molecule has 0 heterocycles. The SMILES string of the molecule is O=C(Cc1ccc(C(F)(F)F)cc1)N(CCCl)C1CCC1. The quantitative estimate of drug-likeness (QED) is 0.755. The second-order valence-electron chi connectivity index (χ2n) is 5.23. The minimum atomic E-state index is -4.35. The van der Waals surface area contributed by atoms with Gasteiger partial charge in [0.05, 0.1) is 12.0 Å². The van der Waals surface area contributed by atoms with Crippen LogP contribution in [0.3, 0.4) is 0 Å². The zero-order valence-electron chi connectivity index (χ0n) is 11.5. The molecule has 1 aliphatic rings. The van der Waals surface area contributed by atoms with Crippen molar-refractivity contribution in [2.75, 3.05) is 12.4 Å². The van der Waals surface area contributed by atoms with Gasteiger partial charge in [0.2, 0.25) is 5.91 Å². The number of hydrogen-bond acceptors (Lipinski definition) is 1.